The summed E-state index contributed by atoms with van der Waals surface area (Å²) in [6, 6.07) is 0.467. The second-order valence-corrected chi connectivity index (χ2v) is 4.09. The molecule has 3 nitrogen and oxygen atoms in total. The van der Waals surface area contributed by atoms with Gasteiger partial charge in [-0.3, -0.25) is 5.10 Å². The molecule has 2 rings (SSSR count). The Kier molecular flexibility index (Phi) is 2.68. The zero-order valence-corrected chi connectivity index (χ0v) is 8.64. The predicted octanol–water partition coefficient (Wildman–Crippen LogP) is 1.95. The van der Waals surface area contributed by atoms with Gasteiger partial charge in [0, 0.05) is 23.8 Å². The summed E-state index contributed by atoms with van der Waals surface area (Å²) in [5, 5.41) is 10.7. The Hall–Kier alpha value is -1.09. The van der Waals surface area contributed by atoms with Gasteiger partial charge in [0.05, 0.1) is 6.20 Å². The highest BCUT2D eigenvalue weighted by molar-refractivity contribution is 5.23. The molecule has 2 N–H and O–H groups in total. The molecular weight excluding hydrogens is 174 g/mol. The molecule has 1 aromatic rings. The summed E-state index contributed by atoms with van der Waals surface area (Å²) in [5.74, 6) is 0. The molecule has 0 radical (unpaired) electrons. The lowest BCUT2D eigenvalue weighted by Gasteiger charge is -2.23. The van der Waals surface area contributed by atoms with E-state index in [0.29, 0.717) is 6.04 Å². The molecule has 3 heteroatoms. The highest BCUT2D eigenvalue weighted by Gasteiger charge is 2.20. The van der Waals surface area contributed by atoms with Gasteiger partial charge in [0.1, 0.15) is 0 Å². The number of hydrogen-bond donors (Lipinski definition) is 2. The van der Waals surface area contributed by atoms with Gasteiger partial charge in [0.25, 0.3) is 0 Å². The lowest BCUT2D eigenvalue weighted by atomic mass is 9.93. The molecule has 14 heavy (non-hydrogen) atoms. The Labute approximate surface area is 84.6 Å². The molecule has 0 saturated carbocycles. The Morgan fingerprint density at radius 3 is 3.43 bits per heavy atom. The fourth-order valence-corrected chi connectivity index (χ4v) is 1.97. The molecule has 1 aliphatic rings. The molecule has 1 aromatic heterocycles. The van der Waals surface area contributed by atoms with E-state index in [-0.39, 0.29) is 0 Å². The SMILES string of the molecule is C=C(C)CNC1CCCc2[nH]ncc21. The van der Waals surface area contributed by atoms with Crippen molar-refractivity contribution in [2.45, 2.75) is 32.2 Å². The smallest absolute Gasteiger partial charge is 0.0538 e. The second kappa shape index (κ2) is 3.96. The van der Waals surface area contributed by atoms with Gasteiger partial charge < -0.3 is 5.32 Å². The Morgan fingerprint density at radius 2 is 2.64 bits per heavy atom. The average molecular weight is 191 g/mol. The van der Waals surface area contributed by atoms with Crippen molar-refractivity contribution in [1.29, 1.82) is 0 Å². The van der Waals surface area contributed by atoms with E-state index in [2.05, 4.69) is 22.1 Å². The molecule has 0 aliphatic heterocycles. The molecule has 0 spiro atoms. The lowest BCUT2D eigenvalue weighted by Crippen LogP contribution is -2.25. The minimum Gasteiger partial charge on any atom is -0.306 e. The number of hydrogen-bond acceptors (Lipinski definition) is 2. The fraction of sp³-hybridized carbons (Fsp3) is 0.545. The van der Waals surface area contributed by atoms with Crippen LogP contribution in [-0.2, 0) is 6.42 Å². The van der Waals surface area contributed by atoms with Crippen LogP contribution in [0, 0.1) is 0 Å². The van der Waals surface area contributed by atoms with Crippen LogP contribution in [0.25, 0.3) is 0 Å². The summed E-state index contributed by atoms with van der Waals surface area (Å²) in [6.07, 6.45) is 5.54. The second-order valence-electron chi connectivity index (χ2n) is 4.09. The van der Waals surface area contributed by atoms with Gasteiger partial charge in [0.2, 0.25) is 0 Å². The first kappa shape index (κ1) is 9.46. The van der Waals surface area contributed by atoms with Crippen molar-refractivity contribution in [2.75, 3.05) is 6.54 Å². The Morgan fingerprint density at radius 1 is 1.79 bits per heavy atom. The van der Waals surface area contributed by atoms with Crippen LogP contribution in [-0.4, -0.2) is 16.7 Å². The molecule has 0 bridgehead atoms. The number of nitrogens with one attached hydrogen (secondary N) is 2. The maximum absolute atomic E-state index is 4.09. The molecule has 76 valence electrons. The summed E-state index contributed by atoms with van der Waals surface area (Å²) < 4.78 is 0. The van der Waals surface area contributed by atoms with E-state index < -0.39 is 0 Å². The first-order chi connectivity index (χ1) is 6.77. The number of H-pyrrole nitrogens is 1. The van der Waals surface area contributed by atoms with Gasteiger partial charge in [0.15, 0.2) is 0 Å². The van der Waals surface area contributed by atoms with Crippen molar-refractivity contribution in [1.82, 2.24) is 15.5 Å². The lowest BCUT2D eigenvalue weighted by molar-refractivity contribution is 0.475. The topological polar surface area (TPSA) is 40.7 Å². The molecule has 0 amide bonds. The Bertz CT molecular complexity index is 327. The normalized spacial score (nSPS) is 20.5. The van der Waals surface area contributed by atoms with E-state index in [1.165, 1.54) is 29.7 Å². The molecule has 1 heterocycles. The summed E-state index contributed by atoms with van der Waals surface area (Å²) in [4.78, 5) is 0. The van der Waals surface area contributed by atoms with Crippen LogP contribution in [0.3, 0.4) is 0 Å². The highest BCUT2D eigenvalue weighted by Crippen LogP contribution is 2.27. The molecular formula is C11H17N3. The summed E-state index contributed by atoms with van der Waals surface area (Å²) >= 11 is 0. The third-order valence-corrected chi connectivity index (χ3v) is 2.70. The van der Waals surface area contributed by atoms with Crippen LogP contribution in [0.5, 0.6) is 0 Å². The van der Waals surface area contributed by atoms with Crippen molar-refractivity contribution >= 4 is 0 Å². The number of rotatable bonds is 3. The number of aromatic nitrogens is 2. The first-order valence-corrected chi connectivity index (χ1v) is 5.17. The summed E-state index contributed by atoms with van der Waals surface area (Å²) in [5.41, 5.74) is 3.83. The van der Waals surface area contributed by atoms with Crippen LogP contribution < -0.4 is 5.32 Å². The van der Waals surface area contributed by atoms with Crippen molar-refractivity contribution in [3.8, 4) is 0 Å². The van der Waals surface area contributed by atoms with E-state index in [9.17, 15) is 0 Å². The number of aryl methyl sites for hydroxylation is 1. The Balaban J connectivity index is 2.05. The molecule has 1 atom stereocenters. The van der Waals surface area contributed by atoms with Crippen LogP contribution in [0.1, 0.15) is 37.1 Å². The quantitative estimate of drug-likeness (QED) is 0.717. The van der Waals surface area contributed by atoms with Gasteiger partial charge in [-0.25, -0.2) is 0 Å². The standard InChI is InChI=1S/C11H17N3/c1-8(2)6-12-10-4-3-5-11-9(10)7-13-14-11/h7,10,12H,1,3-6H2,2H3,(H,13,14). The van der Waals surface area contributed by atoms with Crippen LogP contribution >= 0.6 is 0 Å². The minimum atomic E-state index is 0.467. The molecule has 0 saturated heterocycles. The van der Waals surface area contributed by atoms with E-state index in [1.807, 2.05) is 13.1 Å². The zero-order valence-electron chi connectivity index (χ0n) is 8.64. The van der Waals surface area contributed by atoms with E-state index in [0.717, 1.165) is 13.0 Å². The van der Waals surface area contributed by atoms with Crippen LogP contribution in [0.2, 0.25) is 0 Å². The molecule has 0 aromatic carbocycles. The van der Waals surface area contributed by atoms with Gasteiger partial charge in [-0.2, -0.15) is 5.10 Å². The number of fused-ring (bicyclic) bond motifs is 1. The van der Waals surface area contributed by atoms with Crippen molar-refractivity contribution < 1.29 is 0 Å². The minimum absolute atomic E-state index is 0.467. The van der Waals surface area contributed by atoms with Crippen LogP contribution in [0.4, 0.5) is 0 Å². The largest absolute Gasteiger partial charge is 0.306 e. The molecule has 0 fully saturated rings. The van der Waals surface area contributed by atoms with E-state index in [4.69, 9.17) is 0 Å². The van der Waals surface area contributed by atoms with Gasteiger partial charge in [-0.05, 0) is 26.2 Å². The average Bonchev–Trinajstić information content (AvgIpc) is 2.62. The number of aromatic amines is 1. The zero-order chi connectivity index (χ0) is 9.97. The maximum Gasteiger partial charge on any atom is 0.0538 e. The number of nitrogens with zero attached hydrogens (tertiary/aromatic N) is 1. The predicted molar refractivity (Wildman–Crippen MR) is 57.1 cm³/mol. The van der Waals surface area contributed by atoms with Gasteiger partial charge in [-0.15, -0.1) is 0 Å². The maximum atomic E-state index is 4.09. The van der Waals surface area contributed by atoms with Gasteiger partial charge in [-0.1, -0.05) is 12.2 Å². The monoisotopic (exact) mass is 191 g/mol. The van der Waals surface area contributed by atoms with Crippen LogP contribution in [0.15, 0.2) is 18.3 Å². The van der Waals surface area contributed by atoms with Gasteiger partial charge >= 0.3 is 0 Å². The highest BCUT2D eigenvalue weighted by atomic mass is 15.1. The molecule has 1 aliphatic carbocycles. The third kappa shape index (κ3) is 1.87. The summed E-state index contributed by atoms with van der Waals surface area (Å²) in [7, 11) is 0. The third-order valence-electron chi connectivity index (χ3n) is 2.70. The van der Waals surface area contributed by atoms with Crippen molar-refractivity contribution in [2.24, 2.45) is 0 Å². The fourth-order valence-electron chi connectivity index (χ4n) is 1.97. The summed E-state index contributed by atoms with van der Waals surface area (Å²) in [6.45, 7) is 6.84. The molecule has 1 unspecified atom stereocenters. The van der Waals surface area contributed by atoms with E-state index >= 15 is 0 Å². The van der Waals surface area contributed by atoms with Crippen molar-refractivity contribution in [3.05, 3.63) is 29.6 Å². The van der Waals surface area contributed by atoms with E-state index in [1.54, 1.807) is 0 Å². The first-order valence-electron chi connectivity index (χ1n) is 5.17. The van der Waals surface area contributed by atoms with Crippen molar-refractivity contribution in [3.63, 3.8) is 0 Å².